The van der Waals surface area contributed by atoms with Crippen LogP contribution in [0.2, 0.25) is 0 Å². The lowest BCUT2D eigenvalue weighted by Crippen LogP contribution is -2.44. The van der Waals surface area contributed by atoms with E-state index in [1.807, 2.05) is 6.92 Å². The van der Waals surface area contributed by atoms with E-state index >= 15 is 0 Å². The van der Waals surface area contributed by atoms with Crippen LogP contribution in [0.15, 0.2) is 40.5 Å². The third-order valence-electron chi connectivity index (χ3n) is 4.33. The third kappa shape index (κ3) is 5.93. The van der Waals surface area contributed by atoms with E-state index in [-0.39, 0.29) is 5.75 Å². The Morgan fingerprint density at radius 1 is 1.19 bits per heavy atom. The topological polar surface area (TPSA) is 63.8 Å². The first kappa shape index (κ1) is 24.1. The largest absolute Gasteiger partial charge is 0.478 e. The molecule has 2 rings (SSSR count). The Morgan fingerprint density at radius 3 is 2.48 bits per heavy atom. The summed E-state index contributed by atoms with van der Waals surface area (Å²) in [6.07, 6.45) is 0.415. The van der Waals surface area contributed by atoms with Crippen molar-refractivity contribution in [3.63, 3.8) is 0 Å². The Labute approximate surface area is 178 Å². The molecular formula is C21H25F4N5O. The molecule has 1 N–H and O–H groups in total. The number of nitrogens with zero attached hydrogens (tertiary/aromatic N) is 4. The number of nitrogens with one attached hydrogen (secondary N) is 1. The molecule has 0 aliphatic rings. The van der Waals surface area contributed by atoms with E-state index in [0.717, 1.165) is 19.9 Å². The lowest BCUT2D eigenvalue weighted by Gasteiger charge is -2.29. The second-order valence-electron chi connectivity index (χ2n) is 7.01. The van der Waals surface area contributed by atoms with Crippen LogP contribution in [0.5, 0.6) is 5.75 Å². The standard InChI is InChI=1S/C21H25F4N5O/c1-6-16(12-28-13-27-7-2)30-18(11-19(26-5)29-30)14-8-15(22)10-17(9-14)31-20(3,4)21(23,24)25/h7-13H,6H2,1-5H3,(H,26,29)/b16-12+,27-7?,28-13?. The monoisotopic (exact) mass is 439 g/mol. The van der Waals surface area contributed by atoms with Gasteiger partial charge in [-0.15, -0.1) is 0 Å². The van der Waals surface area contributed by atoms with E-state index in [2.05, 4.69) is 20.4 Å². The molecule has 0 radical (unpaired) electrons. The number of aromatic nitrogens is 2. The van der Waals surface area contributed by atoms with Gasteiger partial charge < -0.3 is 10.1 Å². The lowest BCUT2D eigenvalue weighted by molar-refractivity contribution is -0.234. The zero-order valence-corrected chi connectivity index (χ0v) is 18.0. The average molecular weight is 439 g/mol. The molecule has 1 heterocycles. The zero-order chi connectivity index (χ0) is 23.2. The van der Waals surface area contributed by atoms with Gasteiger partial charge in [-0.2, -0.15) is 18.3 Å². The number of rotatable bonds is 8. The lowest BCUT2D eigenvalue weighted by atomic mass is 10.1. The molecule has 0 aliphatic carbocycles. The minimum absolute atomic E-state index is 0.242. The van der Waals surface area contributed by atoms with Crippen LogP contribution in [0.4, 0.5) is 23.4 Å². The molecule has 0 amide bonds. The Balaban J connectivity index is 2.56. The van der Waals surface area contributed by atoms with Crippen molar-refractivity contribution in [2.45, 2.75) is 45.9 Å². The molecule has 0 saturated heterocycles. The van der Waals surface area contributed by atoms with Gasteiger partial charge in [0.05, 0.1) is 17.6 Å². The Bertz CT molecular complexity index is 990. The van der Waals surface area contributed by atoms with E-state index in [0.29, 0.717) is 29.2 Å². The second kappa shape index (κ2) is 9.76. The Morgan fingerprint density at radius 2 is 1.90 bits per heavy atom. The SMILES string of the molecule is CC=NC=N/C=C(\CC)n1nc(NC)cc1-c1cc(F)cc(OC(C)(C)C(F)(F)F)c1. The predicted octanol–water partition coefficient (Wildman–Crippen LogP) is 5.78. The summed E-state index contributed by atoms with van der Waals surface area (Å²) >= 11 is 0. The van der Waals surface area contributed by atoms with Gasteiger partial charge in [-0.25, -0.2) is 19.1 Å². The molecule has 0 saturated carbocycles. The van der Waals surface area contributed by atoms with Crippen LogP contribution in [0.25, 0.3) is 17.0 Å². The summed E-state index contributed by atoms with van der Waals surface area (Å²) in [5.74, 6) is -0.484. The van der Waals surface area contributed by atoms with Crippen LogP contribution in [0.1, 0.15) is 34.1 Å². The summed E-state index contributed by atoms with van der Waals surface area (Å²) in [6, 6.07) is 5.13. The van der Waals surface area contributed by atoms with Gasteiger partial charge in [-0.1, -0.05) is 6.92 Å². The van der Waals surface area contributed by atoms with Gasteiger partial charge in [0.15, 0.2) is 5.60 Å². The van der Waals surface area contributed by atoms with Crippen LogP contribution >= 0.6 is 0 Å². The minimum Gasteiger partial charge on any atom is -0.478 e. The van der Waals surface area contributed by atoms with Crippen molar-refractivity contribution in [2.24, 2.45) is 9.98 Å². The highest BCUT2D eigenvalue weighted by atomic mass is 19.4. The van der Waals surface area contributed by atoms with Crippen molar-refractivity contribution >= 4 is 24.1 Å². The van der Waals surface area contributed by atoms with Crippen LogP contribution in [0, 0.1) is 5.82 Å². The van der Waals surface area contributed by atoms with Gasteiger partial charge in [0.1, 0.15) is 23.7 Å². The first-order valence-electron chi connectivity index (χ1n) is 9.55. The maximum Gasteiger partial charge on any atom is 0.427 e. The maximum absolute atomic E-state index is 14.3. The van der Waals surface area contributed by atoms with Gasteiger partial charge in [0.2, 0.25) is 0 Å². The molecule has 0 aliphatic heterocycles. The summed E-state index contributed by atoms with van der Waals surface area (Å²) in [5.41, 5.74) is -1.06. The van der Waals surface area contributed by atoms with Gasteiger partial charge >= 0.3 is 6.18 Å². The predicted molar refractivity (Wildman–Crippen MR) is 115 cm³/mol. The molecule has 0 fully saturated rings. The smallest absolute Gasteiger partial charge is 0.427 e. The number of halogens is 4. The maximum atomic E-state index is 14.3. The highest BCUT2D eigenvalue weighted by molar-refractivity contribution is 5.72. The third-order valence-corrected chi connectivity index (χ3v) is 4.33. The average Bonchev–Trinajstić information content (AvgIpc) is 3.11. The molecular weight excluding hydrogens is 414 g/mol. The second-order valence-corrected chi connectivity index (χ2v) is 7.01. The van der Waals surface area contributed by atoms with Crippen LogP contribution < -0.4 is 10.1 Å². The van der Waals surface area contributed by atoms with E-state index < -0.39 is 17.6 Å². The summed E-state index contributed by atoms with van der Waals surface area (Å²) in [6.45, 7) is 5.41. The molecule has 168 valence electrons. The molecule has 0 atom stereocenters. The Kier molecular flexibility index (Phi) is 7.59. The highest BCUT2D eigenvalue weighted by Gasteiger charge is 2.49. The van der Waals surface area contributed by atoms with Gasteiger partial charge in [0.25, 0.3) is 0 Å². The number of ether oxygens (including phenoxy) is 1. The van der Waals surface area contributed by atoms with E-state index in [9.17, 15) is 17.6 Å². The molecule has 2 aromatic rings. The highest BCUT2D eigenvalue weighted by Crippen LogP contribution is 2.36. The van der Waals surface area contributed by atoms with Crippen molar-refractivity contribution in [1.82, 2.24) is 9.78 Å². The number of aliphatic imine (C=N–C) groups is 2. The quantitative estimate of drug-likeness (QED) is 0.322. The number of allylic oxidation sites excluding steroid dienone is 1. The van der Waals surface area contributed by atoms with Gasteiger partial charge in [-0.05, 0) is 39.3 Å². The Hall–Kier alpha value is -3.17. The normalized spacial score (nSPS) is 13.4. The fraction of sp³-hybridized carbons (Fsp3) is 0.381. The number of hydrogen-bond acceptors (Lipinski definition) is 4. The van der Waals surface area contributed by atoms with Crippen molar-refractivity contribution in [2.75, 3.05) is 12.4 Å². The summed E-state index contributed by atoms with van der Waals surface area (Å²) in [7, 11) is 1.67. The first-order chi connectivity index (χ1) is 14.5. The van der Waals surface area contributed by atoms with Crippen molar-refractivity contribution < 1.29 is 22.3 Å². The minimum atomic E-state index is -4.63. The molecule has 6 nitrogen and oxygen atoms in total. The van der Waals surface area contributed by atoms with E-state index in [4.69, 9.17) is 4.74 Å². The molecule has 0 unspecified atom stereocenters. The van der Waals surface area contributed by atoms with Gasteiger partial charge in [0, 0.05) is 31.0 Å². The number of alkyl halides is 3. The van der Waals surface area contributed by atoms with Gasteiger partial charge in [-0.3, -0.25) is 0 Å². The fourth-order valence-corrected chi connectivity index (χ4v) is 2.57. The summed E-state index contributed by atoms with van der Waals surface area (Å²) in [4.78, 5) is 7.99. The molecule has 31 heavy (non-hydrogen) atoms. The summed E-state index contributed by atoms with van der Waals surface area (Å²) in [5, 5.41) is 7.34. The molecule has 0 bridgehead atoms. The number of hydrogen-bond donors (Lipinski definition) is 1. The zero-order valence-electron chi connectivity index (χ0n) is 18.0. The van der Waals surface area contributed by atoms with E-state index in [1.54, 1.807) is 37.1 Å². The van der Waals surface area contributed by atoms with Crippen LogP contribution in [0.3, 0.4) is 0 Å². The number of benzene rings is 1. The van der Waals surface area contributed by atoms with Crippen molar-refractivity contribution in [1.29, 1.82) is 0 Å². The van der Waals surface area contributed by atoms with Crippen molar-refractivity contribution in [3.05, 3.63) is 36.3 Å². The molecule has 1 aromatic heterocycles. The van der Waals surface area contributed by atoms with Crippen molar-refractivity contribution in [3.8, 4) is 17.0 Å². The van der Waals surface area contributed by atoms with Crippen LogP contribution in [-0.2, 0) is 0 Å². The first-order valence-corrected chi connectivity index (χ1v) is 9.55. The van der Waals surface area contributed by atoms with E-state index in [1.165, 1.54) is 18.5 Å². The fourth-order valence-electron chi connectivity index (χ4n) is 2.57. The summed E-state index contributed by atoms with van der Waals surface area (Å²) < 4.78 is 60.6. The number of anilines is 1. The molecule has 10 heteroatoms. The molecule has 1 aromatic carbocycles. The molecule has 0 spiro atoms. The van der Waals surface area contributed by atoms with Crippen LogP contribution in [-0.4, -0.2) is 41.2 Å².